The van der Waals surface area contributed by atoms with Crippen LogP contribution in [-0.2, 0) is 6.54 Å². The van der Waals surface area contributed by atoms with Gasteiger partial charge in [-0.15, -0.1) is 11.3 Å². The Balaban J connectivity index is 1.80. The Morgan fingerprint density at radius 2 is 1.95 bits per heavy atom. The van der Waals surface area contributed by atoms with Crippen molar-refractivity contribution in [1.29, 1.82) is 0 Å². The SMILES string of the molecule is Fc1cccc(F)c1-c1csc(NCc2ccco2)n1. The molecule has 20 heavy (non-hydrogen) atoms. The monoisotopic (exact) mass is 292 g/mol. The number of hydrogen-bond acceptors (Lipinski definition) is 4. The molecule has 0 amide bonds. The Kier molecular flexibility index (Phi) is 3.47. The molecule has 0 radical (unpaired) electrons. The number of nitrogens with zero attached hydrogens (tertiary/aromatic N) is 1. The third-order valence-corrected chi connectivity index (χ3v) is 3.52. The van der Waals surface area contributed by atoms with Gasteiger partial charge in [0, 0.05) is 5.38 Å². The number of furan rings is 1. The third kappa shape index (κ3) is 2.55. The fraction of sp³-hybridized carbons (Fsp3) is 0.0714. The van der Waals surface area contributed by atoms with Crippen LogP contribution in [0.25, 0.3) is 11.3 Å². The molecule has 2 heterocycles. The van der Waals surface area contributed by atoms with Crippen molar-refractivity contribution < 1.29 is 13.2 Å². The van der Waals surface area contributed by atoms with Crippen LogP contribution in [-0.4, -0.2) is 4.98 Å². The number of nitrogens with one attached hydrogen (secondary N) is 1. The van der Waals surface area contributed by atoms with E-state index in [0.29, 0.717) is 11.7 Å². The molecule has 0 unspecified atom stereocenters. The van der Waals surface area contributed by atoms with Gasteiger partial charge in [0.2, 0.25) is 0 Å². The van der Waals surface area contributed by atoms with Crippen LogP contribution in [0.2, 0.25) is 0 Å². The zero-order valence-corrected chi connectivity index (χ0v) is 11.1. The molecule has 0 spiro atoms. The summed E-state index contributed by atoms with van der Waals surface area (Å²) in [5.41, 5.74) is 0.183. The van der Waals surface area contributed by atoms with Crippen LogP contribution in [0.1, 0.15) is 5.76 Å². The van der Waals surface area contributed by atoms with Gasteiger partial charge in [-0.2, -0.15) is 0 Å². The van der Waals surface area contributed by atoms with E-state index in [1.54, 1.807) is 17.7 Å². The smallest absolute Gasteiger partial charge is 0.183 e. The van der Waals surface area contributed by atoms with Crippen LogP contribution in [0.3, 0.4) is 0 Å². The maximum absolute atomic E-state index is 13.6. The number of thiazole rings is 1. The van der Waals surface area contributed by atoms with E-state index in [2.05, 4.69) is 10.3 Å². The Morgan fingerprint density at radius 1 is 1.15 bits per heavy atom. The first kappa shape index (κ1) is 12.8. The molecular formula is C14H10F2N2OS. The summed E-state index contributed by atoms with van der Waals surface area (Å²) in [5.74, 6) is -0.473. The first-order valence-corrected chi connectivity index (χ1v) is 6.78. The van der Waals surface area contributed by atoms with Gasteiger partial charge in [-0.3, -0.25) is 0 Å². The van der Waals surface area contributed by atoms with E-state index in [9.17, 15) is 8.78 Å². The molecule has 2 aromatic heterocycles. The third-order valence-electron chi connectivity index (χ3n) is 2.72. The molecule has 3 rings (SSSR count). The normalized spacial score (nSPS) is 10.7. The molecule has 0 aliphatic carbocycles. The topological polar surface area (TPSA) is 38.1 Å². The van der Waals surface area contributed by atoms with Gasteiger partial charge in [-0.05, 0) is 24.3 Å². The summed E-state index contributed by atoms with van der Waals surface area (Å²) in [6.07, 6.45) is 1.58. The fourth-order valence-electron chi connectivity index (χ4n) is 1.79. The van der Waals surface area contributed by atoms with E-state index in [1.165, 1.54) is 29.5 Å². The molecule has 0 bridgehead atoms. The predicted molar refractivity (Wildman–Crippen MR) is 73.5 cm³/mol. The maximum Gasteiger partial charge on any atom is 0.183 e. The Bertz CT molecular complexity index is 690. The van der Waals surface area contributed by atoms with Crippen LogP contribution < -0.4 is 5.32 Å². The Labute approximate surface area is 117 Å². The lowest BCUT2D eigenvalue weighted by molar-refractivity contribution is 0.518. The van der Waals surface area contributed by atoms with Gasteiger partial charge in [-0.1, -0.05) is 6.07 Å². The van der Waals surface area contributed by atoms with E-state index in [4.69, 9.17) is 4.42 Å². The van der Waals surface area contributed by atoms with E-state index in [-0.39, 0.29) is 11.3 Å². The number of halogens is 2. The van der Waals surface area contributed by atoms with Crippen molar-refractivity contribution >= 4 is 16.5 Å². The van der Waals surface area contributed by atoms with E-state index in [1.807, 2.05) is 6.07 Å². The average molecular weight is 292 g/mol. The molecule has 3 aromatic rings. The summed E-state index contributed by atoms with van der Waals surface area (Å²) in [6, 6.07) is 7.38. The van der Waals surface area contributed by atoms with Crippen molar-refractivity contribution in [1.82, 2.24) is 4.98 Å². The highest BCUT2D eigenvalue weighted by Gasteiger charge is 2.14. The predicted octanol–water partition coefficient (Wildman–Crippen LogP) is 4.29. The van der Waals surface area contributed by atoms with Gasteiger partial charge in [0.1, 0.15) is 17.4 Å². The summed E-state index contributed by atoms with van der Waals surface area (Å²) in [7, 11) is 0. The molecule has 102 valence electrons. The number of rotatable bonds is 4. The van der Waals surface area contributed by atoms with E-state index >= 15 is 0 Å². The van der Waals surface area contributed by atoms with Crippen molar-refractivity contribution in [3.63, 3.8) is 0 Å². The molecule has 0 fully saturated rings. The largest absolute Gasteiger partial charge is 0.467 e. The van der Waals surface area contributed by atoms with Crippen molar-refractivity contribution in [3.05, 3.63) is 59.4 Å². The van der Waals surface area contributed by atoms with Crippen molar-refractivity contribution in [2.24, 2.45) is 0 Å². The minimum Gasteiger partial charge on any atom is -0.467 e. The average Bonchev–Trinajstić information content (AvgIpc) is 3.07. The van der Waals surface area contributed by atoms with E-state index in [0.717, 1.165) is 5.76 Å². The quantitative estimate of drug-likeness (QED) is 0.779. The lowest BCUT2D eigenvalue weighted by atomic mass is 10.1. The molecule has 1 N–H and O–H groups in total. The zero-order valence-electron chi connectivity index (χ0n) is 10.3. The van der Waals surface area contributed by atoms with Crippen LogP contribution in [0.4, 0.5) is 13.9 Å². The summed E-state index contributed by atoms with van der Waals surface area (Å²) in [5, 5.41) is 5.24. The number of benzene rings is 1. The van der Waals surface area contributed by atoms with Crippen LogP contribution in [0.15, 0.2) is 46.4 Å². The van der Waals surface area contributed by atoms with E-state index < -0.39 is 11.6 Å². The van der Waals surface area contributed by atoms with Gasteiger partial charge in [0.25, 0.3) is 0 Å². The first-order valence-electron chi connectivity index (χ1n) is 5.90. The molecule has 6 heteroatoms. The summed E-state index contributed by atoms with van der Waals surface area (Å²) in [4.78, 5) is 4.19. The summed E-state index contributed by atoms with van der Waals surface area (Å²) < 4.78 is 32.5. The summed E-state index contributed by atoms with van der Waals surface area (Å²) >= 11 is 1.29. The summed E-state index contributed by atoms with van der Waals surface area (Å²) in [6.45, 7) is 0.472. The van der Waals surface area contributed by atoms with Crippen LogP contribution >= 0.6 is 11.3 Å². The second kappa shape index (κ2) is 5.42. The van der Waals surface area contributed by atoms with Gasteiger partial charge in [-0.25, -0.2) is 13.8 Å². The zero-order chi connectivity index (χ0) is 13.9. The molecular weight excluding hydrogens is 282 g/mol. The minimum absolute atomic E-state index is 0.102. The van der Waals surface area contributed by atoms with Crippen molar-refractivity contribution in [3.8, 4) is 11.3 Å². The van der Waals surface area contributed by atoms with Crippen molar-refractivity contribution in [2.75, 3.05) is 5.32 Å². The molecule has 3 nitrogen and oxygen atoms in total. The highest BCUT2D eigenvalue weighted by Crippen LogP contribution is 2.29. The second-order valence-electron chi connectivity index (χ2n) is 4.07. The molecule has 0 saturated heterocycles. The number of hydrogen-bond donors (Lipinski definition) is 1. The number of anilines is 1. The standard InChI is InChI=1S/C14H10F2N2OS/c15-10-4-1-5-11(16)13(10)12-8-20-14(18-12)17-7-9-3-2-6-19-9/h1-6,8H,7H2,(H,17,18). The first-order chi connectivity index (χ1) is 9.74. The highest BCUT2D eigenvalue weighted by atomic mass is 32.1. The van der Waals surface area contributed by atoms with Crippen LogP contribution in [0.5, 0.6) is 0 Å². The van der Waals surface area contributed by atoms with Gasteiger partial charge in [0.15, 0.2) is 5.13 Å². The molecule has 0 saturated carbocycles. The maximum atomic E-state index is 13.6. The second-order valence-corrected chi connectivity index (χ2v) is 4.93. The van der Waals surface area contributed by atoms with Crippen molar-refractivity contribution in [2.45, 2.75) is 6.54 Å². The minimum atomic E-state index is -0.618. The van der Waals surface area contributed by atoms with Gasteiger partial charge in [0.05, 0.1) is 24.1 Å². The lowest BCUT2D eigenvalue weighted by Crippen LogP contribution is -1.97. The lowest BCUT2D eigenvalue weighted by Gasteiger charge is -2.01. The molecule has 0 atom stereocenters. The highest BCUT2D eigenvalue weighted by molar-refractivity contribution is 7.14. The molecule has 0 aliphatic heterocycles. The Morgan fingerprint density at radius 3 is 2.65 bits per heavy atom. The Hall–Kier alpha value is -2.21. The number of aromatic nitrogens is 1. The van der Waals surface area contributed by atoms with Gasteiger partial charge >= 0.3 is 0 Å². The molecule has 0 aliphatic rings. The van der Waals surface area contributed by atoms with Gasteiger partial charge < -0.3 is 9.73 Å². The molecule has 1 aromatic carbocycles. The van der Waals surface area contributed by atoms with Crippen LogP contribution in [0, 0.1) is 11.6 Å². The fourth-order valence-corrected chi connectivity index (χ4v) is 2.49.